The Morgan fingerprint density at radius 3 is 2.64 bits per heavy atom. The SMILES string of the molecule is COCC(C(=O)O)N(C)CC1CC1C. The fraction of sp³-hybridized carbons (Fsp3) is 0.900. The second-order valence-corrected chi connectivity index (χ2v) is 4.22. The molecule has 0 bridgehead atoms. The largest absolute Gasteiger partial charge is 0.480 e. The molecule has 1 fully saturated rings. The van der Waals surface area contributed by atoms with Crippen molar-refractivity contribution in [2.45, 2.75) is 19.4 Å². The van der Waals surface area contributed by atoms with E-state index in [0.717, 1.165) is 12.5 Å². The number of hydrogen-bond donors (Lipinski definition) is 1. The van der Waals surface area contributed by atoms with Gasteiger partial charge in [0.15, 0.2) is 0 Å². The Balaban J connectivity index is 2.37. The molecule has 1 N–H and O–H groups in total. The Kier molecular flexibility index (Phi) is 3.89. The molecule has 0 saturated heterocycles. The van der Waals surface area contributed by atoms with Gasteiger partial charge in [-0.3, -0.25) is 9.69 Å². The highest BCUT2D eigenvalue weighted by Gasteiger charge is 2.35. The van der Waals surface area contributed by atoms with E-state index < -0.39 is 12.0 Å². The lowest BCUT2D eigenvalue weighted by molar-refractivity contribution is -0.144. The monoisotopic (exact) mass is 201 g/mol. The number of carbonyl (C=O) groups is 1. The van der Waals surface area contributed by atoms with Crippen LogP contribution < -0.4 is 0 Å². The Hall–Kier alpha value is -0.610. The first-order valence-corrected chi connectivity index (χ1v) is 4.98. The van der Waals surface area contributed by atoms with Gasteiger partial charge >= 0.3 is 5.97 Å². The number of rotatable bonds is 6. The van der Waals surface area contributed by atoms with Crippen molar-refractivity contribution in [3.05, 3.63) is 0 Å². The van der Waals surface area contributed by atoms with Crippen molar-refractivity contribution in [2.24, 2.45) is 11.8 Å². The maximum Gasteiger partial charge on any atom is 0.323 e. The van der Waals surface area contributed by atoms with Crippen LogP contribution in [0.1, 0.15) is 13.3 Å². The van der Waals surface area contributed by atoms with Gasteiger partial charge in [0.05, 0.1) is 6.61 Å². The van der Waals surface area contributed by atoms with Gasteiger partial charge in [-0.2, -0.15) is 0 Å². The van der Waals surface area contributed by atoms with E-state index in [2.05, 4.69) is 6.92 Å². The fourth-order valence-electron chi connectivity index (χ4n) is 1.70. The van der Waals surface area contributed by atoms with E-state index in [1.165, 1.54) is 13.5 Å². The van der Waals surface area contributed by atoms with Gasteiger partial charge in [-0.05, 0) is 25.3 Å². The van der Waals surface area contributed by atoms with Crippen LogP contribution in [-0.2, 0) is 9.53 Å². The summed E-state index contributed by atoms with van der Waals surface area (Å²) in [6.45, 7) is 3.32. The van der Waals surface area contributed by atoms with Crippen molar-refractivity contribution in [1.82, 2.24) is 4.90 Å². The summed E-state index contributed by atoms with van der Waals surface area (Å²) in [5.74, 6) is 0.635. The maximum absolute atomic E-state index is 10.9. The second kappa shape index (κ2) is 4.75. The molecule has 82 valence electrons. The van der Waals surface area contributed by atoms with E-state index in [1.54, 1.807) is 0 Å². The average Bonchev–Trinajstić information content (AvgIpc) is 2.76. The van der Waals surface area contributed by atoms with Crippen LogP contribution in [0.4, 0.5) is 0 Å². The summed E-state index contributed by atoms with van der Waals surface area (Å²) >= 11 is 0. The quantitative estimate of drug-likeness (QED) is 0.686. The van der Waals surface area contributed by atoms with Gasteiger partial charge in [-0.1, -0.05) is 6.92 Å². The molecule has 0 aliphatic heterocycles. The molecule has 1 saturated carbocycles. The summed E-state index contributed by atoms with van der Waals surface area (Å²) in [6, 6.07) is -0.507. The van der Waals surface area contributed by atoms with Gasteiger partial charge in [-0.15, -0.1) is 0 Å². The van der Waals surface area contributed by atoms with Crippen molar-refractivity contribution in [1.29, 1.82) is 0 Å². The molecule has 0 spiro atoms. The molecule has 0 amide bonds. The maximum atomic E-state index is 10.9. The molecule has 3 atom stereocenters. The molecule has 1 aliphatic rings. The molecule has 0 radical (unpaired) electrons. The van der Waals surface area contributed by atoms with Gasteiger partial charge in [0.1, 0.15) is 6.04 Å². The Labute approximate surface area is 84.8 Å². The number of likely N-dealkylation sites (N-methyl/N-ethyl adjacent to an activating group) is 1. The van der Waals surface area contributed by atoms with E-state index in [9.17, 15) is 4.79 Å². The number of nitrogens with zero attached hydrogens (tertiary/aromatic N) is 1. The lowest BCUT2D eigenvalue weighted by Gasteiger charge is -2.23. The number of methoxy groups -OCH3 is 1. The van der Waals surface area contributed by atoms with E-state index in [-0.39, 0.29) is 6.61 Å². The molecule has 1 rings (SSSR count). The van der Waals surface area contributed by atoms with Gasteiger partial charge in [0.2, 0.25) is 0 Å². The average molecular weight is 201 g/mol. The van der Waals surface area contributed by atoms with E-state index in [1.807, 2.05) is 11.9 Å². The zero-order chi connectivity index (χ0) is 10.7. The Bertz CT molecular complexity index is 208. The van der Waals surface area contributed by atoms with Crippen LogP contribution in [0.3, 0.4) is 0 Å². The van der Waals surface area contributed by atoms with Gasteiger partial charge < -0.3 is 9.84 Å². The van der Waals surface area contributed by atoms with Crippen LogP contribution in [0.2, 0.25) is 0 Å². The minimum atomic E-state index is -0.803. The summed E-state index contributed by atoms with van der Waals surface area (Å²) in [4.78, 5) is 12.8. The van der Waals surface area contributed by atoms with Crippen molar-refractivity contribution < 1.29 is 14.6 Å². The lowest BCUT2D eigenvalue weighted by atomic mass is 10.2. The van der Waals surface area contributed by atoms with Gasteiger partial charge in [0.25, 0.3) is 0 Å². The van der Waals surface area contributed by atoms with Gasteiger partial charge in [-0.25, -0.2) is 0 Å². The van der Waals surface area contributed by atoms with Crippen molar-refractivity contribution >= 4 is 5.97 Å². The molecule has 0 aromatic heterocycles. The minimum Gasteiger partial charge on any atom is -0.480 e. The highest BCUT2D eigenvalue weighted by molar-refractivity contribution is 5.73. The number of hydrogen-bond acceptors (Lipinski definition) is 3. The standard InChI is InChI=1S/C10H19NO3/c1-7-4-8(7)5-11(2)9(6-14-3)10(12)13/h7-9H,4-6H2,1-3H3,(H,12,13). The molecule has 1 aliphatic carbocycles. The van der Waals surface area contributed by atoms with Crippen molar-refractivity contribution in [3.63, 3.8) is 0 Å². The van der Waals surface area contributed by atoms with Crippen molar-refractivity contribution in [3.8, 4) is 0 Å². The van der Waals surface area contributed by atoms with Gasteiger partial charge in [0, 0.05) is 13.7 Å². The molecule has 0 aromatic rings. The first kappa shape index (κ1) is 11.5. The molecule has 4 heteroatoms. The zero-order valence-electron chi connectivity index (χ0n) is 9.06. The first-order valence-electron chi connectivity index (χ1n) is 4.98. The predicted molar refractivity (Wildman–Crippen MR) is 53.2 cm³/mol. The summed E-state index contributed by atoms with van der Waals surface area (Å²) in [5, 5.41) is 8.95. The van der Waals surface area contributed by atoms with Crippen LogP contribution in [0, 0.1) is 11.8 Å². The van der Waals surface area contributed by atoms with Crippen LogP contribution in [0.5, 0.6) is 0 Å². The molecular weight excluding hydrogens is 182 g/mol. The summed E-state index contributed by atoms with van der Waals surface area (Å²) in [6.07, 6.45) is 1.23. The molecule has 0 heterocycles. The highest BCUT2D eigenvalue weighted by Crippen LogP contribution is 2.38. The minimum absolute atomic E-state index is 0.257. The van der Waals surface area contributed by atoms with E-state index in [4.69, 9.17) is 9.84 Å². The topological polar surface area (TPSA) is 49.8 Å². The molecule has 4 nitrogen and oxygen atoms in total. The smallest absolute Gasteiger partial charge is 0.323 e. The highest BCUT2D eigenvalue weighted by atomic mass is 16.5. The second-order valence-electron chi connectivity index (χ2n) is 4.22. The fourth-order valence-corrected chi connectivity index (χ4v) is 1.70. The van der Waals surface area contributed by atoms with E-state index in [0.29, 0.717) is 5.92 Å². The molecule has 3 unspecified atom stereocenters. The molecule has 14 heavy (non-hydrogen) atoms. The van der Waals surface area contributed by atoms with Crippen molar-refractivity contribution in [2.75, 3.05) is 27.3 Å². The van der Waals surface area contributed by atoms with Crippen LogP contribution in [0.25, 0.3) is 0 Å². The lowest BCUT2D eigenvalue weighted by Crippen LogP contribution is -2.42. The number of aliphatic carboxylic acids is 1. The molecule has 0 aromatic carbocycles. The van der Waals surface area contributed by atoms with Crippen LogP contribution in [-0.4, -0.2) is 49.3 Å². The first-order chi connectivity index (χ1) is 6.56. The number of carboxylic acids is 1. The van der Waals surface area contributed by atoms with Crippen LogP contribution >= 0.6 is 0 Å². The normalized spacial score (nSPS) is 27.7. The number of ether oxygens (including phenoxy) is 1. The summed E-state index contributed by atoms with van der Waals surface area (Å²) in [5.41, 5.74) is 0. The third-order valence-corrected chi connectivity index (χ3v) is 2.94. The van der Waals surface area contributed by atoms with Crippen LogP contribution in [0.15, 0.2) is 0 Å². The Morgan fingerprint density at radius 2 is 2.29 bits per heavy atom. The molecular formula is C10H19NO3. The zero-order valence-corrected chi connectivity index (χ0v) is 9.06. The third-order valence-electron chi connectivity index (χ3n) is 2.94. The summed E-state index contributed by atoms with van der Waals surface area (Å²) in [7, 11) is 3.38. The predicted octanol–water partition coefficient (Wildman–Crippen LogP) is 0.674. The number of carboxylic acid groups (broad SMARTS) is 1. The third kappa shape index (κ3) is 2.96. The summed E-state index contributed by atoms with van der Waals surface area (Å²) < 4.78 is 4.89. The Morgan fingerprint density at radius 1 is 1.71 bits per heavy atom. The van der Waals surface area contributed by atoms with E-state index >= 15 is 0 Å².